The van der Waals surface area contributed by atoms with E-state index in [1.807, 2.05) is 61.0 Å². The summed E-state index contributed by atoms with van der Waals surface area (Å²) in [6.07, 6.45) is 1.11. The molecule has 134 valence electrons. The van der Waals surface area contributed by atoms with Crippen molar-refractivity contribution in [2.45, 2.75) is 26.7 Å². The van der Waals surface area contributed by atoms with Crippen molar-refractivity contribution >= 4 is 11.6 Å². The number of carbonyl (C=O) groups is 1. The Morgan fingerprint density at radius 3 is 2.54 bits per heavy atom. The van der Waals surface area contributed by atoms with Gasteiger partial charge in [-0.15, -0.1) is 0 Å². The van der Waals surface area contributed by atoms with E-state index in [1.165, 1.54) is 0 Å². The lowest BCUT2D eigenvalue weighted by Gasteiger charge is -2.08. The Balaban J connectivity index is 1.57. The molecule has 2 aromatic carbocycles. The number of ether oxygens (including phenoxy) is 1. The predicted molar refractivity (Wildman–Crippen MR) is 103 cm³/mol. The highest BCUT2D eigenvalue weighted by molar-refractivity contribution is 5.91. The molecule has 1 heterocycles. The quantitative estimate of drug-likeness (QED) is 0.730. The van der Waals surface area contributed by atoms with Crippen molar-refractivity contribution in [3.05, 3.63) is 71.5 Å². The molecular formula is C21H23N3O2. The number of amides is 1. The maximum Gasteiger partial charge on any atom is 0.224 e. The Morgan fingerprint density at radius 2 is 1.88 bits per heavy atom. The number of aryl methyl sites for hydroxylation is 3. The number of benzene rings is 2. The van der Waals surface area contributed by atoms with Crippen LogP contribution in [0.1, 0.15) is 23.4 Å². The summed E-state index contributed by atoms with van der Waals surface area (Å²) in [4.78, 5) is 12.2. The second-order valence-electron chi connectivity index (χ2n) is 6.29. The first kappa shape index (κ1) is 17.7. The lowest BCUT2D eigenvalue weighted by atomic mass is 10.1. The normalized spacial score (nSPS) is 10.6. The molecule has 1 amide bonds. The van der Waals surface area contributed by atoms with Gasteiger partial charge < -0.3 is 10.1 Å². The lowest BCUT2D eigenvalue weighted by molar-refractivity contribution is -0.116. The average Bonchev–Trinajstić information content (AvgIpc) is 2.99. The van der Waals surface area contributed by atoms with Crippen molar-refractivity contribution in [3.63, 3.8) is 0 Å². The van der Waals surface area contributed by atoms with Gasteiger partial charge >= 0.3 is 0 Å². The van der Waals surface area contributed by atoms with Crippen LogP contribution < -0.4 is 10.1 Å². The van der Waals surface area contributed by atoms with E-state index in [0.717, 1.165) is 34.1 Å². The number of hydrogen-bond acceptors (Lipinski definition) is 3. The van der Waals surface area contributed by atoms with E-state index in [9.17, 15) is 4.79 Å². The number of nitrogens with one attached hydrogen (secondary N) is 1. The van der Waals surface area contributed by atoms with Crippen LogP contribution in [0, 0.1) is 13.8 Å². The van der Waals surface area contributed by atoms with Gasteiger partial charge in [-0.1, -0.05) is 18.2 Å². The van der Waals surface area contributed by atoms with Gasteiger partial charge in [-0.3, -0.25) is 4.79 Å². The molecule has 0 fully saturated rings. The van der Waals surface area contributed by atoms with E-state index in [4.69, 9.17) is 4.74 Å². The van der Waals surface area contributed by atoms with Gasteiger partial charge in [0, 0.05) is 23.9 Å². The number of hydrogen-bond donors (Lipinski definition) is 1. The van der Waals surface area contributed by atoms with E-state index >= 15 is 0 Å². The summed E-state index contributed by atoms with van der Waals surface area (Å²) in [7, 11) is 1.61. The fraction of sp³-hybridized carbons (Fsp3) is 0.238. The molecule has 26 heavy (non-hydrogen) atoms. The monoisotopic (exact) mass is 349 g/mol. The zero-order chi connectivity index (χ0) is 18.5. The van der Waals surface area contributed by atoms with Crippen molar-refractivity contribution < 1.29 is 9.53 Å². The topological polar surface area (TPSA) is 56.1 Å². The van der Waals surface area contributed by atoms with Crippen LogP contribution >= 0.6 is 0 Å². The molecule has 3 aromatic rings. The van der Waals surface area contributed by atoms with E-state index in [-0.39, 0.29) is 5.91 Å². The van der Waals surface area contributed by atoms with Gasteiger partial charge in [0.05, 0.1) is 18.5 Å². The van der Waals surface area contributed by atoms with Crippen LogP contribution in [0.3, 0.4) is 0 Å². The molecule has 0 spiro atoms. The molecule has 0 atom stereocenters. The third kappa shape index (κ3) is 4.30. The molecule has 0 bridgehead atoms. The summed E-state index contributed by atoms with van der Waals surface area (Å²) in [6, 6.07) is 17.6. The lowest BCUT2D eigenvalue weighted by Crippen LogP contribution is -2.12. The molecule has 1 aromatic heterocycles. The Bertz CT molecular complexity index is 898. The summed E-state index contributed by atoms with van der Waals surface area (Å²) in [6.45, 7) is 4.02. The Morgan fingerprint density at radius 1 is 1.12 bits per heavy atom. The zero-order valence-corrected chi connectivity index (χ0v) is 15.3. The maximum atomic E-state index is 12.2. The Labute approximate surface area is 153 Å². The Kier molecular flexibility index (Phi) is 5.37. The van der Waals surface area contributed by atoms with Gasteiger partial charge in [-0.2, -0.15) is 5.10 Å². The first-order valence-corrected chi connectivity index (χ1v) is 8.61. The van der Waals surface area contributed by atoms with Gasteiger partial charge in [0.15, 0.2) is 0 Å². The SMILES string of the molecule is COc1cccc(NC(=O)CCc2ccc(-n3nc(C)cc3C)cc2)c1. The molecule has 0 saturated heterocycles. The minimum absolute atomic E-state index is 0.0131. The number of carbonyl (C=O) groups excluding carboxylic acids is 1. The van der Waals surface area contributed by atoms with Crippen LogP contribution in [0.15, 0.2) is 54.6 Å². The molecule has 0 aliphatic heterocycles. The van der Waals surface area contributed by atoms with Gasteiger partial charge in [0.2, 0.25) is 5.91 Å². The molecule has 0 aliphatic carbocycles. The highest BCUT2D eigenvalue weighted by atomic mass is 16.5. The van der Waals surface area contributed by atoms with Crippen molar-refractivity contribution in [1.29, 1.82) is 0 Å². The van der Waals surface area contributed by atoms with Crippen LogP contribution in [0.4, 0.5) is 5.69 Å². The van der Waals surface area contributed by atoms with Gasteiger partial charge in [0.1, 0.15) is 5.75 Å². The summed E-state index contributed by atoms with van der Waals surface area (Å²) < 4.78 is 7.09. The van der Waals surface area contributed by atoms with Gasteiger partial charge in [-0.25, -0.2) is 4.68 Å². The second-order valence-corrected chi connectivity index (χ2v) is 6.29. The highest BCUT2D eigenvalue weighted by Gasteiger charge is 2.06. The molecule has 3 rings (SSSR count). The highest BCUT2D eigenvalue weighted by Crippen LogP contribution is 2.17. The largest absolute Gasteiger partial charge is 0.497 e. The summed E-state index contributed by atoms with van der Waals surface area (Å²) >= 11 is 0. The molecule has 5 nitrogen and oxygen atoms in total. The van der Waals surface area contributed by atoms with E-state index in [2.05, 4.69) is 16.5 Å². The maximum absolute atomic E-state index is 12.2. The van der Waals surface area contributed by atoms with E-state index < -0.39 is 0 Å². The van der Waals surface area contributed by atoms with Gasteiger partial charge in [0.25, 0.3) is 0 Å². The molecule has 5 heteroatoms. The van der Waals surface area contributed by atoms with Gasteiger partial charge in [-0.05, 0) is 56.2 Å². The Hall–Kier alpha value is -3.08. The van der Waals surface area contributed by atoms with E-state index in [0.29, 0.717) is 12.8 Å². The van der Waals surface area contributed by atoms with Crippen LogP contribution in [0.25, 0.3) is 5.69 Å². The zero-order valence-electron chi connectivity index (χ0n) is 15.3. The summed E-state index contributed by atoms with van der Waals surface area (Å²) in [5.41, 5.74) is 5.00. The average molecular weight is 349 g/mol. The third-order valence-electron chi connectivity index (χ3n) is 4.18. The number of aromatic nitrogens is 2. The third-order valence-corrected chi connectivity index (χ3v) is 4.18. The molecule has 1 N–H and O–H groups in total. The summed E-state index contributed by atoms with van der Waals surface area (Å²) in [5, 5.41) is 7.39. The van der Waals surface area contributed by atoms with Crippen LogP contribution in [-0.4, -0.2) is 22.8 Å². The number of methoxy groups -OCH3 is 1. The number of rotatable bonds is 6. The van der Waals surface area contributed by atoms with Crippen molar-refractivity contribution in [2.24, 2.45) is 0 Å². The molecular weight excluding hydrogens is 326 g/mol. The fourth-order valence-electron chi connectivity index (χ4n) is 2.88. The molecule has 0 unspecified atom stereocenters. The standard InChI is InChI=1S/C21H23N3O2/c1-15-13-16(2)24(23-15)19-10-7-17(8-11-19)9-12-21(25)22-18-5-4-6-20(14-18)26-3/h4-8,10-11,13-14H,9,12H2,1-3H3,(H,22,25). The second kappa shape index (κ2) is 7.87. The van der Waals surface area contributed by atoms with E-state index in [1.54, 1.807) is 13.2 Å². The minimum Gasteiger partial charge on any atom is -0.497 e. The van der Waals surface area contributed by atoms with Crippen molar-refractivity contribution in [1.82, 2.24) is 9.78 Å². The molecule has 0 radical (unpaired) electrons. The van der Waals surface area contributed by atoms with Crippen LogP contribution in [0.5, 0.6) is 5.75 Å². The first-order valence-electron chi connectivity index (χ1n) is 8.61. The summed E-state index contributed by atoms with van der Waals surface area (Å²) in [5.74, 6) is 0.711. The molecule has 0 saturated carbocycles. The predicted octanol–water partition coefficient (Wildman–Crippen LogP) is 4.07. The van der Waals surface area contributed by atoms with Crippen LogP contribution in [0.2, 0.25) is 0 Å². The smallest absolute Gasteiger partial charge is 0.224 e. The molecule has 0 aliphatic rings. The van der Waals surface area contributed by atoms with Crippen LogP contribution in [-0.2, 0) is 11.2 Å². The van der Waals surface area contributed by atoms with Crippen molar-refractivity contribution in [3.8, 4) is 11.4 Å². The first-order chi connectivity index (χ1) is 12.5. The minimum atomic E-state index is -0.0131. The number of anilines is 1. The van der Waals surface area contributed by atoms with Crippen molar-refractivity contribution in [2.75, 3.05) is 12.4 Å². The fourth-order valence-corrected chi connectivity index (χ4v) is 2.88. The number of nitrogens with zero attached hydrogens (tertiary/aromatic N) is 2.